The summed E-state index contributed by atoms with van der Waals surface area (Å²) in [6.45, 7) is 0.826. The van der Waals surface area contributed by atoms with Gasteiger partial charge in [0, 0.05) is 23.6 Å². The number of ketones is 1. The Hall–Kier alpha value is -3.80. The predicted octanol–water partition coefficient (Wildman–Crippen LogP) is 4.14. The number of Topliss-reactive ketones (excluding diaryl/α,β-unsaturated/α-hetero) is 1. The maximum absolute atomic E-state index is 13.1. The van der Waals surface area contributed by atoms with Gasteiger partial charge in [0.25, 0.3) is 5.91 Å². The molecule has 0 unspecified atom stereocenters. The third-order valence-electron chi connectivity index (χ3n) is 4.79. The average molecular weight is 403 g/mol. The minimum atomic E-state index is -0.330. The molecule has 6 nitrogen and oxygen atoms in total. The van der Waals surface area contributed by atoms with Gasteiger partial charge < -0.3 is 19.5 Å². The quantitative estimate of drug-likeness (QED) is 0.626. The van der Waals surface area contributed by atoms with Crippen LogP contribution in [-0.2, 0) is 6.42 Å². The highest BCUT2D eigenvalue weighted by molar-refractivity contribution is 6.10. The lowest BCUT2D eigenvalue weighted by atomic mass is 10.0. The number of hydrogen-bond acceptors (Lipinski definition) is 5. The highest BCUT2D eigenvalue weighted by Crippen LogP contribution is 2.36. The first-order valence-corrected chi connectivity index (χ1v) is 9.60. The summed E-state index contributed by atoms with van der Waals surface area (Å²) in [6, 6.07) is 19.5. The number of methoxy groups -OCH3 is 1. The molecule has 4 rings (SSSR count). The molecule has 3 aromatic rings. The van der Waals surface area contributed by atoms with E-state index in [1.165, 1.54) is 0 Å². The Bertz CT molecular complexity index is 1060. The van der Waals surface area contributed by atoms with E-state index < -0.39 is 0 Å². The van der Waals surface area contributed by atoms with Crippen molar-refractivity contribution >= 4 is 17.4 Å². The number of carbonyl (C=O) groups excluding carboxylic acids is 2. The Morgan fingerprint density at radius 2 is 1.60 bits per heavy atom. The molecule has 3 aromatic carbocycles. The van der Waals surface area contributed by atoms with E-state index in [0.717, 1.165) is 5.56 Å². The zero-order chi connectivity index (χ0) is 20.9. The summed E-state index contributed by atoms with van der Waals surface area (Å²) in [6.07, 6.45) is 0.214. The lowest BCUT2D eigenvalue weighted by Crippen LogP contribution is -2.19. The van der Waals surface area contributed by atoms with Crippen LogP contribution in [0.4, 0.5) is 5.69 Å². The first-order valence-electron chi connectivity index (χ1n) is 9.60. The Balaban J connectivity index is 1.64. The van der Waals surface area contributed by atoms with Crippen molar-refractivity contribution in [2.24, 2.45) is 0 Å². The molecule has 0 spiro atoms. The fourth-order valence-electron chi connectivity index (χ4n) is 3.24. The van der Waals surface area contributed by atoms with Crippen LogP contribution in [0, 0.1) is 0 Å². The van der Waals surface area contributed by atoms with Crippen molar-refractivity contribution in [3.8, 4) is 17.2 Å². The number of ether oxygens (including phenoxy) is 3. The second kappa shape index (κ2) is 8.69. The van der Waals surface area contributed by atoms with Gasteiger partial charge in [-0.25, -0.2) is 0 Å². The lowest BCUT2D eigenvalue weighted by Gasteiger charge is -2.21. The van der Waals surface area contributed by atoms with Crippen molar-refractivity contribution in [1.29, 1.82) is 0 Å². The molecule has 0 bridgehead atoms. The largest absolute Gasteiger partial charge is 0.497 e. The number of benzene rings is 3. The van der Waals surface area contributed by atoms with Gasteiger partial charge in [0.05, 0.1) is 12.8 Å². The summed E-state index contributed by atoms with van der Waals surface area (Å²) in [5.41, 5.74) is 2.11. The molecular formula is C24H21NO5. The van der Waals surface area contributed by atoms with Gasteiger partial charge in [-0.3, -0.25) is 9.59 Å². The normalized spacial score (nSPS) is 12.2. The maximum atomic E-state index is 13.1. The van der Waals surface area contributed by atoms with Crippen LogP contribution in [0.5, 0.6) is 17.2 Å². The molecule has 0 aromatic heterocycles. The maximum Gasteiger partial charge on any atom is 0.255 e. The number of fused-ring (bicyclic) bond motifs is 1. The summed E-state index contributed by atoms with van der Waals surface area (Å²) in [7, 11) is 1.56. The Kier molecular flexibility index (Phi) is 5.66. The van der Waals surface area contributed by atoms with Gasteiger partial charge in [-0.1, -0.05) is 30.3 Å². The highest BCUT2D eigenvalue weighted by atomic mass is 16.6. The van der Waals surface area contributed by atoms with Crippen LogP contribution >= 0.6 is 0 Å². The van der Waals surface area contributed by atoms with E-state index in [0.29, 0.717) is 47.3 Å². The van der Waals surface area contributed by atoms with Crippen LogP contribution in [-0.4, -0.2) is 32.0 Å². The van der Waals surface area contributed by atoms with E-state index in [1.54, 1.807) is 43.5 Å². The molecule has 152 valence electrons. The number of rotatable bonds is 6. The average Bonchev–Trinajstić information content (AvgIpc) is 2.79. The summed E-state index contributed by atoms with van der Waals surface area (Å²) in [5.74, 6) is 1.21. The third-order valence-corrected chi connectivity index (χ3v) is 4.79. The highest BCUT2D eigenvalue weighted by Gasteiger charge is 2.21. The zero-order valence-electron chi connectivity index (χ0n) is 16.5. The van der Waals surface area contributed by atoms with E-state index in [1.807, 2.05) is 30.3 Å². The predicted molar refractivity (Wildman–Crippen MR) is 113 cm³/mol. The van der Waals surface area contributed by atoms with Gasteiger partial charge in [-0.15, -0.1) is 0 Å². The summed E-state index contributed by atoms with van der Waals surface area (Å²) in [4.78, 5) is 25.8. The smallest absolute Gasteiger partial charge is 0.255 e. The molecule has 1 aliphatic rings. The van der Waals surface area contributed by atoms with Crippen molar-refractivity contribution in [3.05, 3.63) is 83.4 Å². The second-order valence-corrected chi connectivity index (χ2v) is 6.81. The third kappa shape index (κ3) is 4.27. The van der Waals surface area contributed by atoms with Gasteiger partial charge in [0.1, 0.15) is 19.0 Å². The minimum absolute atomic E-state index is 0.122. The Labute approximate surface area is 174 Å². The Morgan fingerprint density at radius 1 is 0.933 bits per heavy atom. The summed E-state index contributed by atoms with van der Waals surface area (Å²) >= 11 is 0. The standard InChI is InChI=1S/C24H21NO5/c1-28-18-9-7-17(8-10-18)24(27)25-20-15-23-22(29-11-12-30-23)14-19(20)21(26)13-16-5-3-2-4-6-16/h2-10,14-15H,11-13H2,1H3,(H,25,27). The SMILES string of the molecule is COc1ccc(C(=O)Nc2cc3c(cc2C(=O)Cc2ccccc2)OCCO3)cc1. The van der Waals surface area contributed by atoms with Crippen LogP contribution in [0.25, 0.3) is 0 Å². The van der Waals surface area contributed by atoms with Gasteiger partial charge in [-0.2, -0.15) is 0 Å². The second-order valence-electron chi connectivity index (χ2n) is 6.81. The van der Waals surface area contributed by atoms with Crippen LogP contribution in [0.3, 0.4) is 0 Å². The first kappa shape index (κ1) is 19.5. The van der Waals surface area contributed by atoms with Crippen LogP contribution in [0.15, 0.2) is 66.7 Å². The van der Waals surface area contributed by atoms with Gasteiger partial charge >= 0.3 is 0 Å². The molecule has 0 aliphatic carbocycles. The fourth-order valence-corrected chi connectivity index (χ4v) is 3.24. The van der Waals surface area contributed by atoms with E-state index in [4.69, 9.17) is 14.2 Å². The molecular weight excluding hydrogens is 382 g/mol. The first-order chi connectivity index (χ1) is 14.6. The molecule has 1 heterocycles. The monoisotopic (exact) mass is 403 g/mol. The van der Waals surface area contributed by atoms with E-state index in [9.17, 15) is 9.59 Å². The van der Waals surface area contributed by atoms with E-state index in [2.05, 4.69) is 5.32 Å². The zero-order valence-corrected chi connectivity index (χ0v) is 16.5. The molecule has 0 radical (unpaired) electrons. The van der Waals surface area contributed by atoms with E-state index in [-0.39, 0.29) is 18.1 Å². The molecule has 30 heavy (non-hydrogen) atoms. The van der Waals surface area contributed by atoms with Crippen LogP contribution in [0.2, 0.25) is 0 Å². The number of nitrogens with one attached hydrogen (secondary N) is 1. The number of hydrogen-bond donors (Lipinski definition) is 1. The lowest BCUT2D eigenvalue weighted by molar-refractivity contribution is 0.0992. The number of amides is 1. The minimum Gasteiger partial charge on any atom is -0.497 e. The van der Waals surface area contributed by atoms with Crippen molar-refractivity contribution in [1.82, 2.24) is 0 Å². The molecule has 0 saturated heterocycles. The fraction of sp³-hybridized carbons (Fsp3) is 0.167. The van der Waals surface area contributed by atoms with Crippen LogP contribution in [0.1, 0.15) is 26.3 Å². The van der Waals surface area contributed by atoms with Crippen molar-refractivity contribution in [2.75, 3.05) is 25.6 Å². The number of carbonyl (C=O) groups is 2. The molecule has 0 atom stereocenters. The van der Waals surface area contributed by atoms with Gasteiger partial charge in [-0.05, 0) is 35.9 Å². The van der Waals surface area contributed by atoms with Crippen molar-refractivity contribution < 1.29 is 23.8 Å². The van der Waals surface area contributed by atoms with Crippen LogP contribution < -0.4 is 19.5 Å². The molecule has 0 fully saturated rings. The van der Waals surface area contributed by atoms with Crippen molar-refractivity contribution in [3.63, 3.8) is 0 Å². The molecule has 0 saturated carbocycles. The molecule has 6 heteroatoms. The van der Waals surface area contributed by atoms with Gasteiger partial charge in [0.15, 0.2) is 17.3 Å². The summed E-state index contributed by atoms with van der Waals surface area (Å²) in [5, 5.41) is 2.84. The topological polar surface area (TPSA) is 73.9 Å². The number of anilines is 1. The molecule has 1 N–H and O–H groups in total. The van der Waals surface area contributed by atoms with E-state index >= 15 is 0 Å². The summed E-state index contributed by atoms with van der Waals surface area (Å²) < 4.78 is 16.4. The van der Waals surface area contributed by atoms with Crippen molar-refractivity contribution in [2.45, 2.75) is 6.42 Å². The molecule has 1 aliphatic heterocycles. The Morgan fingerprint density at radius 3 is 2.27 bits per heavy atom. The van der Waals surface area contributed by atoms with Gasteiger partial charge in [0.2, 0.25) is 0 Å². The molecule has 1 amide bonds.